The molecular weight excluding hydrogens is 270 g/mol. The van der Waals surface area contributed by atoms with Crippen LogP contribution in [0.4, 0.5) is 5.69 Å². The van der Waals surface area contributed by atoms with Gasteiger partial charge in [0.1, 0.15) is 0 Å². The summed E-state index contributed by atoms with van der Waals surface area (Å²) in [4.78, 5) is 11.8. The molecule has 0 atom stereocenters. The maximum Gasteiger partial charge on any atom is 0.240 e. The molecule has 0 saturated heterocycles. The average molecular weight is 286 g/mol. The molecule has 1 aromatic rings. The van der Waals surface area contributed by atoms with E-state index < -0.39 is 4.32 Å². The van der Waals surface area contributed by atoms with Crippen molar-refractivity contribution in [3.05, 3.63) is 29.8 Å². The number of amides is 1. The molecule has 0 aliphatic carbocycles. The Labute approximate surface area is 104 Å². The Morgan fingerprint density at radius 3 is 2.62 bits per heavy atom. The van der Waals surface area contributed by atoms with Crippen molar-refractivity contribution in [2.75, 3.05) is 12.4 Å². The first-order chi connectivity index (χ1) is 7.45. The van der Waals surface area contributed by atoms with Crippen molar-refractivity contribution < 1.29 is 9.53 Å². The highest BCUT2D eigenvalue weighted by Crippen LogP contribution is 2.21. The lowest BCUT2D eigenvalue weighted by molar-refractivity contribution is -0.117. The third kappa shape index (κ3) is 3.61. The molecule has 1 rings (SSSR count). The molecule has 0 saturated carbocycles. The number of hydrogen-bond donors (Lipinski definition) is 1. The maximum absolute atomic E-state index is 11.8. The van der Waals surface area contributed by atoms with Gasteiger partial charge in [0.15, 0.2) is 0 Å². The van der Waals surface area contributed by atoms with Crippen LogP contribution in [0.3, 0.4) is 0 Å². The quantitative estimate of drug-likeness (QED) is 0.864. The van der Waals surface area contributed by atoms with Crippen molar-refractivity contribution >= 4 is 27.5 Å². The number of halogens is 1. The summed E-state index contributed by atoms with van der Waals surface area (Å²) in [7, 11) is 1.63. The van der Waals surface area contributed by atoms with Gasteiger partial charge in [0.2, 0.25) is 5.91 Å². The molecule has 0 bridgehead atoms. The Balaban J connectivity index is 2.84. The van der Waals surface area contributed by atoms with Crippen LogP contribution in [0.1, 0.15) is 19.4 Å². The lowest BCUT2D eigenvalue weighted by Gasteiger charge is -2.17. The number of hydrogen-bond acceptors (Lipinski definition) is 2. The molecule has 0 radical (unpaired) electrons. The van der Waals surface area contributed by atoms with Gasteiger partial charge in [-0.1, -0.05) is 34.1 Å². The zero-order valence-electron chi connectivity index (χ0n) is 9.71. The molecule has 0 fully saturated rings. The minimum absolute atomic E-state index is 0.0731. The Kier molecular flexibility index (Phi) is 4.50. The number of para-hydroxylation sites is 1. The molecule has 16 heavy (non-hydrogen) atoms. The van der Waals surface area contributed by atoms with Crippen LogP contribution in [0.2, 0.25) is 0 Å². The van der Waals surface area contributed by atoms with Crippen LogP contribution < -0.4 is 5.32 Å². The fourth-order valence-corrected chi connectivity index (χ4v) is 1.29. The Morgan fingerprint density at radius 1 is 1.44 bits per heavy atom. The Morgan fingerprint density at radius 2 is 2.06 bits per heavy atom. The normalized spacial score (nSPS) is 11.2. The molecule has 0 heterocycles. The van der Waals surface area contributed by atoms with Gasteiger partial charge in [-0.2, -0.15) is 0 Å². The number of ether oxygens (including phenoxy) is 1. The van der Waals surface area contributed by atoms with Crippen molar-refractivity contribution in [1.29, 1.82) is 0 Å². The molecule has 0 spiro atoms. The highest BCUT2D eigenvalue weighted by atomic mass is 79.9. The van der Waals surface area contributed by atoms with Crippen LogP contribution in [-0.4, -0.2) is 17.3 Å². The van der Waals surface area contributed by atoms with E-state index >= 15 is 0 Å². The largest absolute Gasteiger partial charge is 0.380 e. The molecule has 1 N–H and O–H groups in total. The SMILES string of the molecule is COCc1ccccc1NC(=O)C(C)(C)Br. The van der Waals surface area contributed by atoms with Crippen LogP contribution >= 0.6 is 15.9 Å². The van der Waals surface area contributed by atoms with Gasteiger partial charge in [-0.3, -0.25) is 4.79 Å². The molecular formula is C12H16BrNO2. The third-order valence-electron chi connectivity index (χ3n) is 2.11. The number of benzene rings is 1. The number of anilines is 1. The summed E-state index contributed by atoms with van der Waals surface area (Å²) in [5, 5.41) is 2.87. The van der Waals surface area contributed by atoms with E-state index in [-0.39, 0.29) is 5.91 Å². The number of nitrogens with one attached hydrogen (secondary N) is 1. The van der Waals surface area contributed by atoms with Crippen LogP contribution in [0.5, 0.6) is 0 Å². The zero-order chi connectivity index (χ0) is 12.2. The standard InChI is InChI=1S/C12H16BrNO2/c1-12(2,13)11(15)14-10-7-5-4-6-9(10)8-16-3/h4-7H,8H2,1-3H3,(H,14,15). The second kappa shape index (κ2) is 5.46. The van der Waals surface area contributed by atoms with E-state index in [1.165, 1.54) is 0 Å². The minimum atomic E-state index is -0.576. The number of methoxy groups -OCH3 is 1. The van der Waals surface area contributed by atoms with Gasteiger partial charge in [-0.15, -0.1) is 0 Å². The molecule has 0 aliphatic rings. The smallest absolute Gasteiger partial charge is 0.240 e. The van der Waals surface area contributed by atoms with Crippen molar-refractivity contribution in [2.24, 2.45) is 0 Å². The van der Waals surface area contributed by atoms with Crippen molar-refractivity contribution in [2.45, 2.75) is 24.8 Å². The Bertz CT molecular complexity index is 372. The third-order valence-corrected chi connectivity index (χ3v) is 2.47. The lowest BCUT2D eigenvalue weighted by atomic mass is 10.1. The first kappa shape index (κ1) is 13.2. The number of carbonyl (C=O) groups excluding carboxylic acids is 1. The number of rotatable bonds is 4. The molecule has 1 amide bonds. The van der Waals surface area contributed by atoms with E-state index in [2.05, 4.69) is 21.2 Å². The topological polar surface area (TPSA) is 38.3 Å². The molecule has 1 aromatic carbocycles. The fourth-order valence-electron chi connectivity index (χ4n) is 1.19. The maximum atomic E-state index is 11.8. The van der Waals surface area contributed by atoms with Gasteiger partial charge in [0, 0.05) is 18.4 Å². The highest BCUT2D eigenvalue weighted by molar-refractivity contribution is 9.10. The van der Waals surface area contributed by atoms with Crippen LogP contribution in [0.25, 0.3) is 0 Å². The molecule has 0 aliphatic heterocycles. The summed E-state index contributed by atoms with van der Waals surface area (Å²) in [6.45, 7) is 4.10. The Hall–Kier alpha value is -0.870. The predicted molar refractivity (Wildman–Crippen MR) is 68.8 cm³/mol. The predicted octanol–water partition coefficient (Wildman–Crippen LogP) is 2.95. The van der Waals surface area contributed by atoms with E-state index in [4.69, 9.17) is 4.74 Å². The second-order valence-electron chi connectivity index (χ2n) is 4.02. The van der Waals surface area contributed by atoms with Crippen LogP contribution in [0.15, 0.2) is 24.3 Å². The van der Waals surface area contributed by atoms with Crippen molar-refractivity contribution in [3.8, 4) is 0 Å². The van der Waals surface area contributed by atoms with Gasteiger partial charge in [-0.05, 0) is 19.9 Å². The summed E-state index contributed by atoms with van der Waals surface area (Å²) in [5.74, 6) is -0.0731. The van der Waals surface area contributed by atoms with Gasteiger partial charge in [0.25, 0.3) is 0 Å². The molecule has 0 aromatic heterocycles. The van der Waals surface area contributed by atoms with Crippen LogP contribution in [0, 0.1) is 0 Å². The van der Waals surface area contributed by atoms with Crippen LogP contribution in [-0.2, 0) is 16.1 Å². The lowest BCUT2D eigenvalue weighted by Crippen LogP contribution is -2.31. The second-order valence-corrected chi connectivity index (χ2v) is 6.00. The highest BCUT2D eigenvalue weighted by Gasteiger charge is 2.23. The summed E-state index contributed by atoms with van der Waals surface area (Å²) in [6.07, 6.45) is 0. The molecule has 3 nitrogen and oxygen atoms in total. The first-order valence-electron chi connectivity index (χ1n) is 5.02. The monoisotopic (exact) mass is 285 g/mol. The molecule has 0 unspecified atom stereocenters. The summed E-state index contributed by atoms with van der Waals surface area (Å²) >= 11 is 3.32. The molecule has 88 valence electrons. The fraction of sp³-hybridized carbons (Fsp3) is 0.417. The summed E-state index contributed by atoms with van der Waals surface area (Å²) < 4.78 is 4.50. The average Bonchev–Trinajstić information content (AvgIpc) is 2.20. The van der Waals surface area contributed by atoms with Crippen molar-refractivity contribution in [1.82, 2.24) is 0 Å². The first-order valence-corrected chi connectivity index (χ1v) is 5.81. The minimum Gasteiger partial charge on any atom is -0.380 e. The van der Waals surface area contributed by atoms with E-state index in [0.717, 1.165) is 11.3 Å². The molecule has 4 heteroatoms. The van der Waals surface area contributed by atoms with E-state index in [9.17, 15) is 4.79 Å². The van der Waals surface area contributed by atoms with Gasteiger partial charge >= 0.3 is 0 Å². The summed E-state index contributed by atoms with van der Waals surface area (Å²) in [5.41, 5.74) is 1.76. The summed E-state index contributed by atoms with van der Waals surface area (Å²) in [6, 6.07) is 7.60. The van der Waals surface area contributed by atoms with E-state index in [1.807, 2.05) is 24.3 Å². The zero-order valence-corrected chi connectivity index (χ0v) is 11.3. The van der Waals surface area contributed by atoms with E-state index in [1.54, 1.807) is 21.0 Å². The van der Waals surface area contributed by atoms with E-state index in [0.29, 0.717) is 6.61 Å². The number of carbonyl (C=O) groups is 1. The van der Waals surface area contributed by atoms with Gasteiger partial charge in [0.05, 0.1) is 10.9 Å². The van der Waals surface area contributed by atoms with Gasteiger partial charge in [-0.25, -0.2) is 0 Å². The van der Waals surface area contributed by atoms with Crippen molar-refractivity contribution in [3.63, 3.8) is 0 Å². The number of alkyl halides is 1. The van der Waals surface area contributed by atoms with Gasteiger partial charge < -0.3 is 10.1 Å².